The van der Waals surface area contributed by atoms with Crippen LogP contribution in [0.25, 0.3) is 6.08 Å². The van der Waals surface area contributed by atoms with E-state index in [9.17, 15) is 5.11 Å². The van der Waals surface area contributed by atoms with Crippen molar-refractivity contribution in [3.8, 4) is 11.5 Å². The third kappa shape index (κ3) is 2.15. The molecule has 0 radical (unpaired) electrons. The van der Waals surface area contributed by atoms with Gasteiger partial charge in [-0.15, -0.1) is 0 Å². The predicted octanol–water partition coefficient (Wildman–Crippen LogP) is 2.09. The van der Waals surface area contributed by atoms with Gasteiger partial charge in [0, 0.05) is 4.47 Å². The number of ether oxygens (including phenoxy) is 1. The van der Waals surface area contributed by atoms with E-state index in [1.807, 2.05) is 0 Å². The van der Waals surface area contributed by atoms with Crippen molar-refractivity contribution in [2.24, 2.45) is 5.73 Å². The molecule has 0 aliphatic rings. The Morgan fingerprint density at radius 3 is 2.77 bits per heavy atom. The maximum atomic E-state index is 9.42. The van der Waals surface area contributed by atoms with Gasteiger partial charge >= 0.3 is 0 Å². The minimum absolute atomic E-state index is 0.0961. The summed E-state index contributed by atoms with van der Waals surface area (Å²) in [5.74, 6) is 0.528. The van der Waals surface area contributed by atoms with Crippen LogP contribution >= 0.6 is 15.9 Å². The molecular weight excluding hydrogens is 234 g/mol. The van der Waals surface area contributed by atoms with Crippen LogP contribution in [0, 0.1) is 0 Å². The van der Waals surface area contributed by atoms with Crippen LogP contribution in [-0.2, 0) is 0 Å². The Balaban J connectivity index is 3.20. The first-order valence-corrected chi connectivity index (χ1v) is 4.43. The number of hydrogen-bond acceptors (Lipinski definition) is 3. The molecule has 3 nitrogen and oxygen atoms in total. The smallest absolute Gasteiger partial charge is 0.161 e. The van der Waals surface area contributed by atoms with Gasteiger partial charge in [-0.25, -0.2) is 0 Å². The topological polar surface area (TPSA) is 55.5 Å². The van der Waals surface area contributed by atoms with Crippen molar-refractivity contribution in [3.05, 3.63) is 28.4 Å². The van der Waals surface area contributed by atoms with Gasteiger partial charge in [-0.1, -0.05) is 15.9 Å². The highest BCUT2D eigenvalue weighted by Crippen LogP contribution is 2.32. The quantitative estimate of drug-likeness (QED) is 0.837. The van der Waals surface area contributed by atoms with Gasteiger partial charge in [-0.05, 0) is 30.0 Å². The SMILES string of the molecule is COc1cc(Br)c(/C=C/N)cc1O. The highest BCUT2D eigenvalue weighted by atomic mass is 79.9. The monoisotopic (exact) mass is 243 g/mol. The molecule has 1 aromatic carbocycles. The molecule has 1 aromatic rings. The average Bonchev–Trinajstić information content (AvgIpc) is 2.11. The highest BCUT2D eigenvalue weighted by Gasteiger charge is 2.05. The minimum atomic E-state index is 0.0961. The fourth-order valence-electron chi connectivity index (χ4n) is 0.955. The van der Waals surface area contributed by atoms with Gasteiger partial charge in [0.15, 0.2) is 11.5 Å². The average molecular weight is 244 g/mol. The van der Waals surface area contributed by atoms with Crippen LogP contribution in [-0.4, -0.2) is 12.2 Å². The predicted molar refractivity (Wildman–Crippen MR) is 55.6 cm³/mol. The number of halogens is 1. The Morgan fingerprint density at radius 2 is 2.23 bits per heavy atom. The van der Waals surface area contributed by atoms with Crippen LogP contribution in [0.4, 0.5) is 0 Å². The highest BCUT2D eigenvalue weighted by molar-refractivity contribution is 9.10. The zero-order chi connectivity index (χ0) is 9.84. The lowest BCUT2D eigenvalue weighted by atomic mass is 10.2. The summed E-state index contributed by atoms with van der Waals surface area (Å²) in [6.45, 7) is 0. The summed E-state index contributed by atoms with van der Waals surface area (Å²) < 4.78 is 5.75. The second kappa shape index (κ2) is 4.18. The van der Waals surface area contributed by atoms with Crippen molar-refractivity contribution in [3.63, 3.8) is 0 Å². The summed E-state index contributed by atoms with van der Waals surface area (Å²) in [4.78, 5) is 0. The van der Waals surface area contributed by atoms with Crippen LogP contribution in [0.5, 0.6) is 11.5 Å². The van der Waals surface area contributed by atoms with Crippen molar-refractivity contribution in [1.82, 2.24) is 0 Å². The molecule has 0 aliphatic carbocycles. The van der Waals surface area contributed by atoms with Gasteiger partial charge in [0.2, 0.25) is 0 Å². The molecule has 0 amide bonds. The van der Waals surface area contributed by atoms with E-state index >= 15 is 0 Å². The molecule has 0 aromatic heterocycles. The molecule has 0 unspecified atom stereocenters. The Morgan fingerprint density at radius 1 is 1.54 bits per heavy atom. The lowest BCUT2D eigenvalue weighted by Crippen LogP contribution is -1.86. The molecule has 0 bridgehead atoms. The summed E-state index contributed by atoms with van der Waals surface area (Å²) in [6, 6.07) is 3.26. The Kier molecular flexibility index (Phi) is 3.19. The van der Waals surface area contributed by atoms with Crippen molar-refractivity contribution in [2.45, 2.75) is 0 Å². The maximum Gasteiger partial charge on any atom is 0.161 e. The lowest BCUT2D eigenvalue weighted by molar-refractivity contribution is 0.373. The van der Waals surface area contributed by atoms with Crippen LogP contribution in [0.3, 0.4) is 0 Å². The normalized spacial score (nSPS) is 10.6. The van der Waals surface area contributed by atoms with E-state index in [1.165, 1.54) is 13.3 Å². The number of phenols is 1. The number of hydrogen-bond donors (Lipinski definition) is 2. The van der Waals surface area contributed by atoms with Crippen molar-refractivity contribution >= 4 is 22.0 Å². The number of nitrogens with two attached hydrogens (primary N) is 1. The largest absolute Gasteiger partial charge is 0.504 e. The van der Waals surface area contributed by atoms with Gasteiger partial charge in [0.1, 0.15) is 0 Å². The second-order valence-corrected chi connectivity index (χ2v) is 3.26. The van der Waals surface area contributed by atoms with E-state index in [1.54, 1.807) is 18.2 Å². The molecule has 0 saturated heterocycles. The number of benzene rings is 1. The van der Waals surface area contributed by atoms with Crippen LogP contribution in [0.2, 0.25) is 0 Å². The number of rotatable bonds is 2. The zero-order valence-corrected chi connectivity index (χ0v) is 8.71. The summed E-state index contributed by atoms with van der Waals surface area (Å²) in [7, 11) is 1.50. The van der Waals surface area contributed by atoms with E-state index in [4.69, 9.17) is 10.5 Å². The Labute approximate surface area is 85.0 Å². The third-order valence-electron chi connectivity index (χ3n) is 1.57. The lowest BCUT2D eigenvalue weighted by Gasteiger charge is -2.05. The van der Waals surface area contributed by atoms with Gasteiger partial charge < -0.3 is 15.6 Å². The second-order valence-electron chi connectivity index (χ2n) is 2.40. The van der Waals surface area contributed by atoms with Crippen molar-refractivity contribution < 1.29 is 9.84 Å². The first-order valence-electron chi connectivity index (χ1n) is 3.64. The zero-order valence-electron chi connectivity index (χ0n) is 7.12. The van der Waals surface area contributed by atoms with Gasteiger partial charge in [-0.3, -0.25) is 0 Å². The number of phenolic OH excluding ortho intramolecular Hbond substituents is 1. The van der Waals surface area contributed by atoms with E-state index in [-0.39, 0.29) is 5.75 Å². The standard InChI is InChI=1S/C9H10BrNO2/c1-13-9-5-7(10)6(2-3-11)4-8(9)12/h2-5,12H,11H2,1H3/b3-2+. The van der Waals surface area contributed by atoms with Crippen molar-refractivity contribution in [2.75, 3.05) is 7.11 Å². The molecule has 70 valence electrons. The summed E-state index contributed by atoms with van der Waals surface area (Å²) in [6.07, 6.45) is 3.09. The molecule has 13 heavy (non-hydrogen) atoms. The molecule has 0 heterocycles. The van der Waals surface area contributed by atoms with E-state index in [0.29, 0.717) is 5.75 Å². The third-order valence-corrected chi connectivity index (χ3v) is 2.26. The molecule has 0 aliphatic heterocycles. The van der Waals surface area contributed by atoms with Gasteiger partial charge in [0.05, 0.1) is 7.11 Å². The Hall–Kier alpha value is -1.16. The molecule has 0 spiro atoms. The number of aromatic hydroxyl groups is 1. The van der Waals surface area contributed by atoms with Crippen molar-refractivity contribution in [1.29, 1.82) is 0 Å². The molecule has 0 saturated carbocycles. The molecule has 3 N–H and O–H groups in total. The van der Waals surface area contributed by atoms with Gasteiger partial charge in [0.25, 0.3) is 0 Å². The van der Waals surface area contributed by atoms with E-state index in [0.717, 1.165) is 10.0 Å². The summed E-state index contributed by atoms with van der Waals surface area (Å²) in [5.41, 5.74) is 6.04. The molecule has 0 atom stereocenters. The minimum Gasteiger partial charge on any atom is -0.504 e. The van der Waals surface area contributed by atoms with E-state index in [2.05, 4.69) is 15.9 Å². The van der Waals surface area contributed by atoms with Crippen LogP contribution < -0.4 is 10.5 Å². The van der Waals surface area contributed by atoms with Gasteiger partial charge in [-0.2, -0.15) is 0 Å². The van der Waals surface area contributed by atoms with E-state index < -0.39 is 0 Å². The fraction of sp³-hybridized carbons (Fsp3) is 0.111. The summed E-state index contributed by atoms with van der Waals surface area (Å²) >= 11 is 3.33. The molecule has 4 heteroatoms. The molecular formula is C9H10BrNO2. The van der Waals surface area contributed by atoms with Crippen LogP contribution in [0.1, 0.15) is 5.56 Å². The molecule has 0 fully saturated rings. The maximum absolute atomic E-state index is 9.42. The fourth-order valence-corrected chi connectivity index (χ4v) is 1.41. The van der Waals surface area contributed by atoms with Crippen LogP contribution in [0.15, 0.2) is 22.8 Å². The summed E-state index contributed by atoms with van der Waals surface area (Å²) in [5, 5.41) is 9.42. The first kappa shape index (κ1) is 9.92. The molecule has 1 rings (SSSR count). The first-order chi connectivity index (χ1) is 6.19. The number of methoxy groups -OCH3 is 1. The Bertz CT molecular complexity index is 337.